The van der Waals surface area contributed by atoms with Crippen LogP contribution >= 0.6 is 11.8 Å². The summed E-state index contributed by atoms with van der Waals surface area (Å²) in [5.74, 6) is -0.344. The average molecular weight is 400 g/mol. The van der Waals surface area contributed by atoms with Crippen LogP contribution in [0.2, 0.25) is 0 Å². The number of carbonyl (C=O) groups excluding carboxylic acids is 2. The Morgan fingerprint density at radius 3 is 2.52 bits per heavy atom. The van der Waals surface area contributed by atoms with Gasteiger partial charge in [-0.1, -0.05) is 23.9 Å². The molecule has 2 unspecified atom stereocenters. The molecule has 1 fully saturated rings. The van der Waals surface area contributed by atoms with E-state index in [-0.39, 0.29) is 23.6 Å². The number of benzene rings is 1. The number of hydrogen-bond acceptors (Lipinski definition) is 6. The van der Waals surface area contributed by atoms with E-state index in [0.717, 1.165) is 12.1 Å². The molecule has 3 rings (SSSR count). The van der Waals surface area contributed by atoms with Crippen molar-refractivity contribution in [1.29, 1.82) is 0 Å². The maximum atomic E-state index is 12.6. The minimum Gasteiger partial charge on any atom is -0.416 e. The first kappa shape index (κ1) is 19.2. The van der Waals surface area contributed by atoms with Gasteiger partial charge in [-0.25, -0.2) is 4.79 Å². The summed E-state index contributed by atoms with van der Waals surface area (Å²) in [5, 5.41) is 12.8. The molecule has 1 aromatic carbocycles. The predicted octanol–water partition coefficient (Wildman–Crippen LogP) is 2.77. The average Bonchev–Trinajstić information content (AvgIpc) is 3.03. The van der Waals surface area contributed by atoms with Crippen LogP contribution in [0.15, 0.2) is 33.9 Å². The Kier molecular flexibility index (Phi) is 5.40. The van der Waals surface area contributed by atoms with Gasteiger partial charge in [0.05, 0.1) is 11.5 Å². The number of halogens is 3. The second-order valence-corrected chi connectivity index (χ2v) is 6.93. The highest BCUT2D eigenvalue weighted by Gasteiger charge is 2.34. The minimum atomic E-state index is -4.37. The van der Waals surface area contributed by atoms with Crippen LogP contribution in [0, 0.1) is 5.92 Å². The zero-order valence-electron chi connectivity index (χ0n) is 14.0. The monoisotopic (exact) mass is 400 g/mol. The third-order valence-corrected chi connectivity index (χ3v) is 4.91. The fourth-order valence-electron chi connectivity index (χ4n) is 2.55. The Bertz CT molecular complexity index is 838. The summed E-state index contributed by atoms with van der Waals surface area (Å²) < 4.78 is 43.1. The fourth-order valence-corrected chi connectivity index (χ4v) is 3.28. The number of imide groups is 1. The molecule has 0 spiro atoms. The Balaban J connectivity index is 1.57. The lowest BCUT2D eigenvalue weighted by Crippen LogP contribution is -2.57. The summed E-state index contributed by atoms with van der Waals surface area (Å²) in [5.41, 5.74) is -0.0287. The smallest absolute Gasteiger partial charge is 0.416 e. The van der Waals surface area contributed by atoms with Crippen molar-refractivity contribution >= 4 is 23.7 Å². The Morgan fingerprint density at radius 1 is 1.19 bits per heavy atom. The van der Waals surface area contributed by atoms with Crippen LogP contribution in [-0.2, 0) is 23.1 Å². The maximum Gasteiger partial charge on any atom is 0.416 e. The molecule has 1 aliphatic heterocycles. The number of carbonyl (C=O) groups is 2. The van der Waals surface area contributed by atoms with E-state index in [0.29, 0.717) is 11.3 Å². The third-order valence-electron chi connectivity index (χ3n) is 4.02. The van der Waals surface area contributed by atoms with E-state index >= 15 is 0 Å². The highest BCUT2D eigenvalue weighted by Crippen LogP contribution is 2.30. The summed E-state index contributed by atoms with van der Waals surface area (Å²) in [6, 6.07) is 3.91. The minimum absolute atomic E-state index is 0.168. The number of alkyl halides is 3. The molecular weight excluding hydrogens is 385 g/mol. The Morgan fingerprint density at radius 2 is 1.89 bits per heavy atom. The van der Waals surface area contributed by atoms with Gasteiger partial charge in [-0.3, -0.25) is 10.1 Å². The van der Waals surface area contributed by atoms with Gasteiger partial charge in [0.1, 0.15) is 0 Å². The molecule has 144 valence electrons. The number of amides is 3. The molecule has 2 aromatic rings. The number of urea groups is 1. The summed E-state index contributed by atoms with van der Waals surface area (Å²) >= 11 is 1.18. The van der Waals surface area contributed by atoms with Crippen LogP contribution in [-0.4, -0.2) is 28.2 Å². The molecule has 1 aromatic heterocycles. The van der Waals surface area contributed by atoms with Crippen molar-refractivity contribution in [2.75, 3.05) is 0 Å². The highest BCUT2D eigenvalue weighted by molar-refractivity contribution is 7.98. The van der Waals surface area contributed by atoms with Crippen molar-refractivity contribution in [2.24, 2.45) is 5.92 Å². The molecule has 1 aliphatic rings. The van der Waals surface area contributed by atoms with E-state index in [1.807, 2.05) is 0 Å². The largest absolute Gasteiger partial charge is 0.416 e. The second kappa shape index (κ2) is 7.59. The quantitative estimate of drug-likeness (QED) is 0.749. The molecule has 0 aliphatic carbocycles. The lowest BCUT2D eigenvalue weighted by atomic mass is 9.95. The van der Waals surface area contributed by atoms with Gasteiger partial charge in [-0.2, -0.15) is 13.2 Å². The predicted molar refractivity (Wildman–Crippen MR) is 88.6 cm³/mol. The zero-order chi connectivity index (χ0) is 19.6. The van der Waals surface area contributed by atoms with E-state index in [1.165, 1.54) is 23.9 Å². The first-order chi connectivity index (χ1) is 12.7. The molecular formula is C16H15F3N4O3S. The Hall–Kier alpha value is -2.56. The first-order valence-corrected chi connectivity index (χ1v) is 8.93. The van der Waals surface area contributed by atoms with E-state index < -0.39 is 29.6 Å². The Labute approximate surface area is 156 Å². The molecule has 2 heterocycles. The summed E-state index contributed by atoms with van der Waals surface area (Å²) in [6.45, 7) is 1.71. The summed E-state index contributed by atoms with van der Waals surface area (Å²) in [6.07, 6.45) is -4.20. The van der Waals surface area contributed by atoms with E-state index in [4.69, 9.17) is 4.42 Å². The van der Waals surface area contributed by atoms with E-state index in [1.54, 1.807) is 6.92 Å². The number of aromatic nitrogens is 2. The number of nitrogens with zero attached hydrogens (tertiary/aromatic N) is 2. The van der Waals surface area contributed by atoms with Crippen molar-refractivity contribution in [2.45, 2.75) is 36.5 Å². The molecule has 3 amide bonds. The van der Waals surface area contributed by atoms with Crippen LogP contribution in [0.1, 0.15) is 23.9 Å². The van der Waals surface area contributed by atoms with Crippen LogP contribution in [0.25, 0.3) is 0 Å². The van der Waals surface area contributed by atoms with E-state index in [9.17, 15) is 22.8 Å². The fraction of sp³-hybridized carbons (Fsp3) is 0.375. The molecule has 0 bridgehead atoms. The van der Waals surface area contributed by atoms with Crippen LogP contribution < -0.4 is 10.6 Å². The van der Waals surface area contributed by atoms with Gasteiger partial charge >= 0.3 is 12.2 Å². The van der Waals surface area contributed by atoms with Crippen LogP contribution in [0.3, 0.4) is 0 Å². The first-order valence-electron chi connectivity index (χ1n) is 7.95. The second-order valence-electron chi connectivity index (χ2n) is 6.01. The van der Waals surface area contributed by atoms with Crippen molar-refractivity contribution < 1.29 is 27.2 Å². The highest BCUT2D eigenvalue weighted by atomic mass is 32.2. The number of rotatable bonds is 5. The number of nitrogens with one attached hydrogen (secondary N) is 2. The van der Waals surface area contributed by atoms with Gasteiger partial charge in [0.2, 0.25) is 11.8 Å². The lowest BCUT2D eigenvalue weighted by Gasteiger charge is -2.27. The molecule has 1 saturated heterocycles. The van der Waals surface area contributed by atoms with Gasteiger partial charge in [0.25, 0.3) is 5.22 Å². The normalized spacial score (nSPS) is 20.3. The SMILES string of the molecule is CC1NC(=O)NC(=O)C1Cc1nnc(SCc2ccc(C(F)(F)F)cc2)o1. The standard InChI is InChI=1S/C16H15F3N4O3S/c1-8-11(13(24)21-14(25)20-8)6-12-22-23-15(26-12)27-7-9-2-4-10(5-3-9)16(17,18)19/h2-5,8,11H,6-7H2,1H3,(H2,20,21,24,25). The lowest BCUT2D eigenvalue weighted by molar-refractivity contribution is -0.137. The zero-order valence-corrected chi connectivity index (χ0v) is 14.9. The maximum absolute atomic E-state index is 12.6. The molecule has 27 heavy (non-hydrogen) atoms. The summed E-state index contributed by atoms with van der Waals surface area (Å²) in [4.78, 5) is 23.1. The van der Waals surface area contributed by atoms with Crippen molar-refractivity contribution in [1.82, 2.24) is 20.8 Å². The van der Waals surface area contributed by atoms with E-state index in [2.05, 4.69) is 20.8 Å². The molecule has 7 nitrogen and oxygen atoms in total. The van der Waals surface area contributed by atoms with Crippen molar-refractivity contribution in [3.63, 3.8) is 0 Å². The molecule has 0 saturated carbocycles. The molecule has 0 radical (unpaired) electrons. The van der Waals surface area contributed by atoms with Crippen molar-refractivity contribution in [3.8, 4) is 0 Å². The van der Waals surface area contributed by atoms with Gasteiger partial charge in [-0.15, -0.1) is 10.2 Å². The third kappa shape index (κ3) is 4.79. The summed E-state index contributed by atoms with van der Waals surface area (Å²) in [7, 11) is 0. The van der Waals surface area contributed by atoms with Gasteiger partial charge in [0.15, 0.2) is 0 Å². The van der Waals surface area contributed by atoms with Gasteiger partial charge in [-0.05, 0) is 24.6 Å². The topological polar surface area (TPSA) is 97.1 Å². The number of hydrogen-bond donors (Lipinski definition) is 2. The van der Waals surface area contributed by atoms with Gasteiger partial charge < -0.3 is 9.73 Å². The van der Waals surface area contributed by atoms with Gasteiger partial charge in [0, 0.05) is 18.2 Å². The van der Waals surface area contributed by atoms with Crippen LogP contribution in [0.4, 0.5) is 18.0 Å². The number of thioether (sulfide) groups is 1. The molecule has 2 atom stereocenters. The van der Waals surface area contributed by atoms with Crippen LogP contribution in [0.5, 0.6) is 0 Å². The molecule has 11 heteroatoms. The van der Waals surface area contributed by atoms with Crippen molar-refractivity contribution in [3.05, 3.63) is 41.3 Å². The molecule has 2 N–H and O–H groups in total.